The molecule has 0 aromatic heterocycles. The SMILES string of the molecule is O=Cc1cc(Cl)c2ccccc2c1C(=O)OC(=O)c1c(C=O)cc(Cl)c2ccccc12. The summed E-state index contributed by atoms with van der Waals surface area (Å²) in [6, 6.07) is 16.0. The average Bonchev–Trinajstić information content (AvgIpc) is 2.78. The van der Waals surface area contributed by atoms with Crippen LogP contribution in [0, 0.1) is 0 Å². The molecule has 31 heavy (non-hydrogen) atoms. The number of ether oxygens (including phenoxy) is 1. The minimum Gasteiger partial charge on any atom is -0.386 e. The second kappa shape index (κ2) is 8.30. The molecular weight excluding hydrogens is 439 g/mol. The highest BCUT2D eigenvalue weighted by atomic mass is 35.5. The summed E-state index contributed by atoms with van der Waals surface area (Å²) in [6.07, 6.45) is 0.932. The minimum atomic E-state index is -1.03. The van der Waals surface area contributed by atoms with Crippen LogP contribution >= 0.6 is 23.2 Å². The lowest BCUT2D eigenvalue weighted by Crippen LogP contribution is -2.17. The van der Waals surface area contributed by atoms with E-state index >= 15 is 0 Å². The fourth-order valence-electron chi connectivity index (χ4n) is 3.53. The van der Waals surface area contributed by atoms with Gasteiger partial charge in [0.15, 0.2) is 12.6 Å². The second-order valence-electron chi connectivity index (χ2n) is 6.65. The quantitative estimate of drug-likeness (QED) is 0.219. The molecule has 0 amide bonds. The zero-order chi connectivity index (χ0) is 22.1. The van der Waals surface area contributed by atoms with Gasteiger partial charge in [-0.2, -0.15) is 0 Å². The number of hydrogen-bond acceptors (Lipinski definition) is 5. The zero-order valence-corrected chi connectivity index (χ0v) is 17.2. The van der Waals surface area contributed by atoms with Crippen LogP contribution in [0.1, 0.15) is 41.4 Å². The zero-order valence-electron chi connectivity index (χ0n) is 15.7. The molecule has 4 aromatic rings. The summed E-state index contributed by atoms with van der Waals surface area (Å²) in [7, 11) is 0. The molecule has 0 aliphatic carbocycles. The highest BCUT2D eigenvalue weighted by Crippen LogP contribution is 2.32. The van der Waals surface area contributed by atoms with E-state index in [4.69, 9.17) is 27.9 Å². The lowest BCUT2D eigenvalue weighted by Gasteiger charge is -2.12. The fraction of sp³-hybridized carbons (Fsp3) is 0. The number of benzene rings is 4. The average molecular weight is 451 g/mol. The van der Waals surface area contributed by atoms with Crippen LogP contribution in [0.25, 0.3) is 21.5 Å². The number of fused-ring (bicyclic) bond motifs is 2. The molecular formula is C24H12Cl2O5. The van der Waals surface area contributed by atoms with Crippen LogP contribution in [0.3, 0.4) is 0 Å². The first-order chi connectivity index (χ1) is 15.0. The first-order valence-corrected chi connectivity index (χ1v) is 9.81. The van der Waals surface area contributed by atoms with Crippen LogP contribution in [0.15, 0.2) is 60.7 Å². The molecule has 0 aliphatic heterocycles. The van der Waals surface area contributed by atoms with Crippen molar-refractivity contribution in [1.29, 1.82) is 0 Å². The van der Waals surface area contributed by atoms with Crippen LogP contribution in [0.4, 0.5) is 0 Å². The molecule has 0 atom stereocenters. The Morgan fingerprint density at radius 3 is 1.35 bits per heavy atom. The van der Waals surface area contributed by atoms with Gasteiger partial charge in [-0.15, -0.1) is 0 Å². The topological polar surface area (TPSA) is 77.5 Å². The minimum absolute atomic E-state index is 0.0157. The van der Waals surface area contributed by atoms with Crippen LogP contribution in [0.5, 0.6) is 0 Å². The number of halogens is 2. The van der Waals surface area contributed by atoms with Gasteiger partial charge in [0, 0.05) is 31.9 Å². The molecule has 0 fully saturated rings. The van der Waals surface area contributed by atoms with Crippen molar-refractivity contribution in [3.05, 3.63) is 93.0 Å². The van der Waals surface area contributed by atoms with Crippen LogP contribution in [-0.4, -0.2) is 24.5 Å². The Kier molecular flexibility index (Phi) is 5.55. The maximum Gasteiger partial charge on any atom is 0.347 e. The van der Waals surface area contributed by atoms with Gasteiger partial charge in [0.2, 0.25) is 0 Å². The summed E-state index contributed by atoms with van der Waals surface area (Å²) < 4.78 is 5.12. The molecule has 5 nitrogen and oxygen atoms in total. The van der Waals surface area contributed by atoms with E-state index in [-0.39, 0.29) is 32.3 Å². The van der Waals surface area contributed by atoms with Gasteiger partial charge in [0.25, 0.3) is 0 Å². The Morgan fingerprint density at radius 1 is 0.645 bits per heavy atom. The standard InChI is InChI=1S/C24H12Cl2O5/c25-19-9-13(11-27)21(17-7-3-1-5-15(17)19)23(29)31-24(30)22-14(12-28)10-20(26)16-6-2-4-8-18(16)22/h1-12H. The molecule has 0 heterocycles. The summed E-state index contributed by atoms with van der Waals surface area (Å²) in [6.45, 7) is 0. The maximum atomic E-state index is 13.0. The van der Waals surface area contributed by atoms with Gasteiger partial charge in [0.1, 0.15) is 0 Å². The number of rotatable bonds is 4. The van der Waals surface area contributed by atoms with Gasteiger partial charge in [-0.25, -0.2) is 9.59 Å². The molecule has 0 radical (unpaired) electrons. The van der Waals surface area contributed by atoms with Crippen molar-refractivity contribution in [3.8, 4) is 0 Å². The third kappa shape index (κ3) is 3.58. The summed E-state index contributed by atoms with van der Waals surface area (Å²) in [5, 5.41) is 2.36. The van der Waals surface area contributed by atoms with Crippen molar-refractivity contribution < 1.29 is 23.9 Å². The Morgan fingerprint density at radius 2 is 1.00 bits per heavy atom. The van der Waals surface area contributed by atoms with E-state index in [0.717, 1.165) is 0 Å². The highest BCUT2D eigenvalue weighted by Gasteiger charge is 2.25. The predicted molar refractivity (Wildman–Crippen MR) is 118 cm³/mol. The van der Waals surface area contributed by atoms with Gasteiger partial charge in [-0.3, -0.25) is 9.59 Å². The lowest BCUT2D eigenvalue weighted by molar-refractivity contribution is 0.0398. The number of carbonyl (C=O) groups excluding carboxylic acids is 4. The third-order valence-corrected chi connectivity index (χ3v) is 5.52. The van der Waals surface area contributed by atoms with E-state index in [1.54, 1.807) is 48.5 Å². The van der Waals surface area contributed by atoms with E-state index in [1.807, 2.05) is 0 Å². The third-order valence-electron chi connectivity index (χ3n) is 4.90. The predicted octanol–water partition coefficient (Wildman–Crippen LogP) is 5.92. The highest BCUT2D eigenvalue weighted by molar-refractivity contribution is 6.37. The molecule has 0 spiro atoms. The van der Waals surface area contributed by atoms with Crippen molar-refractivity contribution in [2.45, 2.75) is 0 Å². The molecule has 0 N–H and O–H groups in total. The first-order valence-electron chi connectivity index (χ1n) is 9.05. The summed E-state index contributed by atoms with van der Waals surface area (Å²) in [4.78, 5) is 49.1. The van der Waals surface area contributed by atoms with Crippen molar-refractivity contribution >= 4 is 69.3 Å². The Balaban J connectivity index is 1.84. The van der Waals surface area contributed by atoms with Crippen molar-refractivity contribution in [1.82, 2.24) is 0 Å². The van der Waals surface area contributed by atoms with Crippen molar-refractivity contribution in [2.24, 2.45) is 0 Å². The van der Waals surface area contributed by atoms with Crippen LogP contribution in [-0.2, 0) is 4.74 Å². The van der Waals surface area contributed by atoms with Crippen LogP contribution in [0.2, 0.25) is 10.0 Å². The van der Waals surface area contributed by atoms with Crippen LogP contribution < -0.4 is 0 Å². The normalized spacial score (nSPS) is 10.8. The Hall–Kier alpha value is -3.54. The fourth-order valence-corrected chi connectivity index (χ4v) is 4.10. The first kappa shape index (κ1) is 20.7. The molecule has 0 bridgehead atoms. The van der Waals surface area contributed by atoms with E-state index < -0.39 is 11.9 Å². The van der Waals surface area contributed by atoms with E-state index in [2.05, 4.69) is 0 Å². The largest absolute Gasteiger partial charge is 0.386 e. The van der Waals surface area contributed by atoms with Gasteiger partial charge in [-0.1, -0.05) is 71.7 Å². The number of esters is 2. The van der Waals surface area contributed by atoms with Crippen molar-refractivity contribution in [2.75, 3.05) is 0 Å². The van der Waals surface area contributed by atoms with Gasteiger partial charge in [0.05, 0.1) is 11.1 Å². The second-order valence-corrected chi connectivity index (χ2v) is 7.46. The van der Waals surface area contributed by atoms with E-state index in [0.29, 0.717) is 34.1 Å². The molecule has 7 heteroatoms. The maximum absolute atomic E-state index is 13.0. The van der Waals surface area contributed by atoms with E-state index in [1.165, 1.54) is 12.1 Å². The summed E-state index contributed by atoms with van der Waals surface area (Å²) >= 11 is 12.4. The Bertz CT molecular complexity index is 1300. The summed E-state index contributed by atoms with van der Waals surface area (Å²) in [5.74, 6) is -2.06. The Labute approximate surface area is 186 Å². The smallest absolute Gasteiger partial charge is 0.347 e. The molecule has 0 saturated heterocycles. The summed E-state index contributed by atoms with van der Waals surface area (Å²) in [5.41, 5.74) is -0.209. The molecule has 0 saturated carbocycles. The molecule has 0 unspecified atom stereocenters. The number of carbonyl (C=O) groups is 4. The van der Waals surface area contributed by atoms with Gasteiger partial charge >= 0.3 is 11.9 Å². The van der Waals surface area contributed by atoms with Crippen molar-refractivity contribution in [3.63, 3.8) is 0 Å². The molecule has 152 valence electrons. The molecule has 0 aliphatic rings. The monoisotopic (exact) mass is 450 g/mol. The molecule has 4 rings (SSSR count). The van der Waals surface area contributed by atoms with E-state index in [9.17, 15) is 19.2 Å². The molecule has 4 aromatic carbocycles. The number of hydrogen-bond donors (Lipinski definition) is 0. The van der Waals surface area contributed by atoms with Gasteiger partial charge < -0.3 is 4.74 Å². The van der Waals surface area contributed by atoms with Gasteiger partial charge in [-0.05, 0) is 22.9 Å². The lowest BCUT2D eigenvalue weighted by atomic mass is 9.98. The number of aldehydes is 2.